The lowest BCUT2D eigenvalue weighted by atomic mass is 9.88. The lowest BCUT2D eigenvalue weighted by Crippen LogP contribution is -2.49. The van der Waals surface area contributed by atoms with Crippen LogP contribution in [0.2, 0.25) is 0 Å². The fourth-order valence-electron chi connectivity index (χ4n) is 4.94. The molecule has 0 atom stereocenters. The highest BCUT2D eigenvalue weighted by Crippen LogP contribution is 2.32. The Kier molecular flexibility index (Phi) is 8.52. The van der Waals surface area contributed by atoms with E-state index in [0.29, 0.717) is 40.2 Å². The van der Waals surface area contributed by atoms with E-state index in [0.717, 1.165) is 25.7 Å². The summed E-state index contributed by atoms with van der Waals surface area (Å²) in [6.45, 7) is 1.59. The van der Waals surface area contributed by atoms with Crippen LogP contribution in [0.1, 0.15) is 71.1 Å². The minimum absolute atomic E-state index is 0.0106. The number of hydrogen-bond acceptors (Lipinski definition) is 7. The maximum Gasteiger partial charge on any atom is 0.277 e. The van der Waals surface area contributed by atoms with Crippen molar-refractivity contribution in [3.05, 3.63) is 24.3 Å². The number of aromatic nitrogens is 2. The zero-order chi connectivity index (χ0) is 24.0. The normalized spacial score (nSPS) is 18.0. The SMILES string of the molecule is CCS(=O)(=O)Nc1ccc(-c2nnc(SCC(=O)N(C3CCCCC3)C3CCCCC3)o2)cc1. The van der Waals surface area contributed by atoms with Crippen LogP contribution in [-0.2, 0) is 14.8 Å². The van der Waals surface area contributed by atoms with Crippen molar-refractivity contribution in [1.82, 2.24) is 15.1 Å². The molecule has 2 aliphatic rings. The predicted octanol–water partition coefficient (Wildman–Crippen LogP) is 5.08. The van der Waals surface area contributed by atoms with Gasteiger partial charge in [0.2, 0.25) is 21.8 Å². The average molecular weight is 507 g/mol. The van der Waals surface area contributed by atoms with Crippen LogP contribution in [-0.4, -0.2) is 53.0 Å². The number of carbonyl (C=O) groups is 1. The minimum Gasteiger partial charge on any atom is -0.411 e. The number of carbonyl (C=O) groups excluding carboxylic acids is 1. The van der Waals surface area contributed by atoms with Crippen molar-refractivity contribution in [2.24, 2.45) is 0 Å². The van der Waals surface area contributed by atoms with Crippen LogP contribution >= 0.6 is 11.8 Å². The average Bonchev–Trinajstić information content (AvgIpc) is 3.34. The summed E-state index contributed by atoms with van der Waals surface area (Å²) in [5.74, 6) is 0.829. The maximum atomic E-state index is 13.3. The molecule has 8 nitrogen and oxygen atoms in total. The summed E-state index contributed by atoms with van der Waals surface area (Å²) in [5, 5.41) is 8.58. The number of sulfonamides is 1. The fraction of sp³-hybridized carbons (Fsp3) is 0.625. The van der Waals surface area contributed by atoms with E-state index in [2.05, 4.69) is 19.8 Å². The Bertz CT molecular complexity index is 1030. The Morgan fingerprint density at radius 1 is 1.00 bits per heavy atom. The molecule has 2 saturated carbocycles. The van der Waals surface area contributed by atoms with Crippen molar-refractivity contribution in [3.63, 3.8) is 0 Å². The van der Waals surface area contributed by atoms with Crippen molar-refractivity contribution >= 4 is 33.4 Å². The largest absolute Gasteiger partial charge is 0.411 e. The van der Waals surface area contributed by atoms with Gasteiger partial charge in [-0.15, -0.1) is 10.2 Å². The number of nitrogens with zero attached hydrogens (tertiary/aromatic N) is 3. The number of amides is 1. The van der Waals surface area contributed by atoms with E-state index in [1.54, 1.807) is 31.2 Å². The van der Waals surface area contributed by atoms with Gasteiger partial charge in [-0.05, 0) is 56.9 Å². The van der Waals surface area contributed by atoms with Gasteiger partial charge in [-0.25, -0.2) is 8.42 Å². The molecule has 1 heterocycles. The number of nitrogens with one attached hydrogen (secondary N) is 1. The molecule has 0 spiro atoms. The molecule has 0 bridgehead atoms. The standard InChI is InChI=1S/C24H34N4O4S2/c1-2-34(30,31)27-19-15-13-18(14-16-19)23-25-26-24(32-23)33-17-22(29)28(20-9-5-3-6-10-20)21-11-7-4-8-12-21/h13-16,20-21,27H,2-12,17H2,1H3. The molecule has 2 fully saturated rings. The topological polar surface area (TPSA) is 105 Å². The van der Waals surface area contributed by atoms with Crippen molar-refractivity contribution in [3.8, 4) is 11.5 Å². The third-order valence-electron chi connectivity index (χ3n) is 6.73. The lowest BCUT2D eigenvalue weighted by molar-refractivity contribution is -0.135. The summed E-state index contributed by atoms with van der Waals surface area (Å²) in [7, 11) is -3.33. The van der Waals surface area contributed by atoms with Crippen molar-refractivity contribution in [2.75, 3.05) is 16.2 Å². The second-order valence-electron chi connectivity index (χ2n) is 9.13. The molecule has 1 aromatic carbocycles. The van der Waals surface area contributed by atoms with Crippen LogP contribution < -0.4 is 4.72 Å². The van der Waals surface area contributed by atoms with Gasteiger partial charge in [0.25, 0.3) is 5.22 Å². The van der Waals surface area contributed by atoms with Gasteiger partial charge in [0.1, 0.15) is 0 Å². The molecule has 0 aliphatic heterocycles. The van der Waals surface area contributed by atoms with Gasteiger partial charge in [0.15, 0.2) is 0 Å². The Morgan fingerprint density at radius 3 is 2.15 bits per heavy atom. The minimum atomic E-state index is -3.33. The van der Waals surface area contributed by atoms with Crippen molar-refractivity contribution in [2.45, 2.75) is 88.4 Å². The maximum absolute atomic E-state index is 13.3. The van der Waals surface area contributed by atoms with Gasteiger partial charge in [0, 0.05) is 23.3 Å². The number of benzene rings is 1. The molecule has 0 unspecified atom stereocenters. The molecule has 2 aromatic rings. The molecule has 1 aromatic heterocycles. The summed E-state index contributed by atoms with van der Waals surface area (Å²) in [5.41, 5.74) is 1.17. The first-order valence-electron chi connectivity index (χ1n) is 12.3. The molecule has 1 amide bonds. The fourth-order valence-corrected chi connectivity index (χ4v) is 6.21. The first-order valence-corrected chi connectivity index (χ1v) is 15.0. The summed E-state index contributed by atoms with van der Waals surface area (Å²) in [6.07, 6.45) is 11.8. The van der Waals surface area contributed by atoms with Crippen LogP contribution in [0, 0.1) is 0 Å². The summed E-state index contributed by atoms with van der Waals surface area (Å²) >= 11 is 1.29. The van der Waals surface area contributed by atoms with Gasteiger partial charge < -0.3 is 9.32 Å². The third-order valence-corrected chi connectivity index (χ3v) is 8.84. The number of anilines is 1. The number of thioether (sulfide) groups is 1. The van der Waals surface area contributed by atoms with Crippen LogP contribution in [0.25, 0.3) is 11.5 Å². The van der Waals surface area contributed by atoms with E-state index < -0.39 is 10.0 Å². The Labute approximate surface area is 206 Å². The van der Waals surface area contributed by atoms with Crippen molar-refractivity contribution in [1.29, 1.82) is 0 Å². The summed E-state index contributed by atoms with van der Waals surface area (Å²) < 4.78 is 31.7. The van der Waals surface area contributed by atoms with Gasteiger partial charge in [-0.3, -0.25) is 9.52 Å². The molecule has 186 valence electrons. The zero-order valence-corrected chi connectivity index (χ0v) is 21.4. The quantitative estimate of drug-likeness (QED) is 0.473. The van der Waals surface area contributed by atoms with E-state index in [1.165, 1.54) is 50.3 Å². The monoisotopic (exact) mass is 506 g/mol. The predicted molar refractivity (Wildman–Crippen MR) is 134 cm³/mol. The second kappa shape index (κ2) is 11.6. The van der Waals surface area contributed by atoms with Crippen molar-refractivity contribution < 1.29 is 17.6 Å². The second-order valence-corrected chi connectivity index (χ2v) is 12.1. The first-order chi connectivity index (χ1) is 16.4. The van der Waals surface area contributed by atoms with Gasteiger partial charge in [-0.1, -0.05) is 50.3 Å². The smallest absolute Gasteiger partial charge is 0.277 e. The molecule has 10 heteroatoms. The highest BCUT2D eigenvalue weighted by atomic mass is 32.2. The van der Waals surface area contributed by atoms with Crippen LogP contribution in [0.3, 0.4) is 0 Å². The molecule has 4 rings (SSSR count). The molecule has 1 N–H and O–H groups in total. The molecule has 0 saturated heterocycles. The zero-order valence-electron chi connectivity index (χ0n) is 19.7. The summed E-state index contributed by atoms with van der Waals surface area (Å²) in [4.78, 5) is 15.5. The Hall–Kier alpha value is -2.07. The highest BCUT2D eigenvalue weighted by molar-refractivity contribution is 7.99. The number of rotatable bonds is 9. The Balaban J connectivity index is 1.37. The number of hydrogen-bond donors (Lipinski definition) is 1. The highest BCUT2D eigenvalue weighted by Gasteiger charge is 2.32. The van der Waals surface area contributed by atoms with Crippen LogP contribution in [0.5, 0.6) is 0 Å². The van der Waals surface area contributed by atoms with E-state index >= 15 is 0 Å². The van der Waals surface area contributed by atoms with E-state index in [-0.39, 0.29) is 11.7 Å². The van der Waals surface area contributed by atoms with Crippen LogP contribution in [0.4, 0.5) is 5.69 Å². The lowest BCUT2D eigenvalue weighted by Gasteiger charge is -2.41. The third kappa shape index (κ3) is 6.53. The van der Waals surface area contributed by atoms with E-state index in [9.17, 15) is 13.2 Å². The van der Waals surface area contributed by atoms with E-state index in [1.807, 2.05) is 0 Å². The van der Waals surface area contributed by atoms with E-state index in [4.69, 9.17) is 4.42 Å². The Morgan fingerprint density at radius 2 is 1.59 bits per heavy atom. The molecule has 0 radical (unpaired) electrons. The van der Waals surface area contributed by atoms with Crippen LogP contribution in [0.15, 0.2) is 33.9 Å². The first kappa shape index (κ1) is 25.0. The van der Waals surface area contributed by atoms with Gasteiger partial charge in [-0.2, -0.15) is 0 Å². The molecule has 34 heavy (non-hydrogen) atoms. The molecule has 2 aliphatic carbocycles. The molecular weight excluding hydrogens is 472 g/mol. The van der Waals surface area contributed by atoms with Gasteiger partial charge in [0.05, 0.1) is 11.5 Å². The summed E-state index contributed by atoms with van der Waals surface area (Å²) in [6, 6.07) is 7.52. The van der Waals surface area contributed by atoms with Gasteiger partial charge >= 0.3 is 0 Å². The molecular formula is C24H34N4O4S2.